The third-order valence-corrected chi connectivity index (χ3v) is 2.06. The van der Waals surface area contributed by atoms with Crippen LogP contribution in [-0.2, 0) is 0 Å². The van der Waals surface area contributed by atoms with Gasteiger partial charge in [0, 0.05) is 12.6 Å². The van der Waals surface area contributed by atoms with Crippen LogP contribution in [0.5, 0.6) is 0 Å². The first-order valence-corrected chi connectivity index (χ1v) is 8.27. The Bertz CT molecular complexity index is 464. The van der Waals surface area contributed by atoms with E-state index in [4.69, 9.17) is 0 Å². The van der Waals surface area contributed by atoms with Gasteiger partial charge in [0.15, 0.2) is 0 Å². The summed E-state index contributed by atoms with van der Waals surface area (Å²) in [5.74, 6) is 1.67. The Morgan fingerprint density at radius 2 is 1.35 bits per heavy atom. The van der Waals surface area contributed by atoms with E-state index in [1.54, 1.807) is 19.2 Å². The van der Waals surface area contributed by atoms with Crippen LogP contribution in [0.3, 0.4) is 0 Å². The minimum absolute atomic E-state index is 0.833. The second-order valence-corrected chi connectivity index (χ2v) is 6.46. The van der Waals surface area contributed by atoms with E-state index in [0.717, 1.165) is 28.7 Å². The van der Waals surface area contributed by atoms with Gasteiger partial charge in [0.05, 0.1) is 5.71 Å². The maximum Gasteiger partial charge on any atom is 0.0715 e. The molecule has 1 rings (SSSR count). The molecule has 0 N–H and O–H groups in total. The monoisotopic (exact) mass is 313 g/mol. The van der Waals surface area contributed by atoms with E-state index in [-0.39, 0.29) is 0 Å². The summed E-state index contributed by atoms with van der Waals surface area (Å²) >= 11 is 0. The molecule has 0 heterocycles. The van der Waals surface area contributed by atoms with Crippen LogP contribution in [0.4, 0.5) is 0 Å². The summed E-state index contributed by atoms with van der Waals surface area (Å²) in [6.45, 7) is 20.5. The van der Waals surface area contributed by atoms with Crippen LogP contribution in [0.25, 0.3) is 0 Å². The van der Waals surface area contributed by atoms with Crippen molar-refractivity contribution < 1.29 is 0 Å². The molecule has 1 aromatic carbocycles. The van der Waals surface area contributed by atoms with E-state index in [0.29, 0.717) is 0 Å². The Morgan fingerprint density at radius 1 is 0.913 bits per heavy atom. The van der Waals surface area contributed by atoms with Crippen molar-refractivity contribution in [3.05, 3.63) is 72.9 Å². The lowest BCUT2D eigenvalue weighted by Crippen LogP contribution is -2.02. The van der Waals surface area contributed by atoms with Gasteiger partial charge in [-0.3, -0.25) is 4.99 Å². The summed E-state index contributed by atoms with van der Waals surface area (Å²) in [5.41, 5.74) is 3.01. The zero-order chi connectivity index (χ0) is 18.3. The molecule has 1 heteroatoms. The molecule has 0 radical (unpaired) electrons. The van der Waals surface area contributed by atoms with Crippen molar-refractivity contribution >= 4 is 5.71 Å². The third-order valence-electron chi connectivity index (χ3n) is 2.06. The first-order chi connectivity index (χ1) is 10.8. The molecule has 0 atom stereocenters. The second-order valence-electron chi connectivity index (χ2n) is 6.46. The Balaban J connectivity index is 0. The minimum atomic E-state index is 0.833. The molecule has 0 spiro atoms. The summed E-state index contributed by atoms with van der Waals surface area (Å²) in [7, 11) is 1.78. The van der Waals surface area contributed by atoms with E-state index >= 15 is 0 Å². The molecule has 0 bridgehead atoms. The number of rotatable bonds is 4. The summed E-state index contributed by atoms with van der Waals surface area (Å²) < 4.78 is 0. The van der Waals surface area contributed by atoms with Crippen molar-refractivity contribution in [1.29, 1.82) is 0 Å². The molecule has 0 fully saturated rings. The predicted molar refractivity (Wildman–Crippen MR) is 108 cm³/mol. The molecule has 1 nitrogen and oxygen atoms in total. The lowest BCUT2D eigenvalue weighted by Gasteiger charge is -2.06. The maximum absolute atomic E-state index is 4.28. The van der Waals surface area contributed by atoms with E-state index in [2.05, 4.69) is 59.7 Å². The highest BCUT2D eigenvalue weighted by Gasteiger charge is 2.04. The van der Waals surface area contributed by atoms with Crippen LogP contribution >= 0.6 is 0 Å². The molecule has 1 aromatic rings. The molecular formula is C22H35N. The van der Waals surface area contributed by atoms with Gasteiger partial charge in [-0.15, -0.1) is 0 Å². The number of hydrogen-bond acceptors (Lipinski definition) is 1. The smallest absolute Gasteiger partial charge is 0.0715 e. The van der Waals surface area contributed by atoms with Gasteiger partial charge in [0.2, 0.25) is 0 Å². The fraction of sp³-hybridized carbons (Fsp3) is 0.409. The molecule has 0 aromatic heterocycles. The van der Waals surface area contributed by atoms with E-state index < -0.39 is 0 Å². The zero-order valence-electron chi connectivity index (χ0n) is 16.1. The molecule has 0 unspecified atom stereocenters. The van der Waals surface area contributed by atoms with Crippen LogP contribution < -0.4 is 0 Å². The second kappa shape index (κ2) is 15.0. The molecule has 0 saturated carbocycles. The van der Waals surface area contributed by atoms with Crippen molar-refractivity contribution in [2.75, 3.05) is 7.05 Å². The van der Waals surface area contributed by atoms with Crippen LogP contribution in [0.15, 0.2) is 72.3 Å². The first kappa shape index (κ1) is 23.4. The highest BCUT2D eigenvalue weighted by Crippen LogP contribution is 2.10. The Labute approximate surface area is 144 Å². The van der Waals surface area contributed by atoms with Crippen LogP contribution in [0.2, 0.25) is 0 Å². The van der Waals surface area contributed by atoms with Crippen LogP contribution in [0, 0.1) is 11.8 Å². The van der Waals surface area contributed by atoms with Crippen molar-refractivity contribution in [3.63, 3.8) is 0 Å². The van der Waals surface area contributed by atoms with Crippen molar-refractivity contribution in [1.82, 2.24) is 0 Å². The lowest BCUT2D eigenvalue weighted by atomic mass is 10.0. The van der Waals surface area contributed by atoms with Gasteiger partial charge in [-0.2, -0.15) is 0 Å². The largest absolute Gasteiger partial charge is 0.287 e. The average molecular weight is 314 g/mol. The lowest BCUT2D eigenvalue weighted by molar-refractivity contribution is 0.736. The van der Waals surface area contributed by atoms with Gasteiger partial charge in [0.1, 0.15) is 0 Å². The van der Waals surface area contributed by atoms with Gasteiger partial charge < -0.3 is 0 Å². The molecule has 0 amide bonds. The Kier molecular flexibility index (Phi) is 15.3. The molecule has 0 saturated heterocycles. The molecule has 128 valence electrons. The molecule has 0 aliphatic heterocycles. The van der Waals surface area contributed by atoms with E-state index in [9.17, 15) is 0 Å². The van der Waals surface area contributed by atoms with Crippen molar-refractivity contribution in [2.45, 2.75) is 41.5 Å². The average Bonchev–Trinajstić information content (AvgIpc) is 2.47. The Morgan fingerprint density at radius 3 is 1.65 bits per heavy atom. The number of allylic oxidation sites excluding steroid dienone is 4. The van der Waals surface area contributed by atoms with Gasteiger partial charge in [-0.1, -0.05) is 103 Å². The fourth-order valence-corrected chi connectivity index (χ4v) is 1.39. The highest BCUT2D eigenvalue weighted by molar-refractivity contribution is 6.14. The number of benzene rings is 1. The highest BCUT2D eigenvalue weighted by atomic mass is 14.7. The van der Waals surface area contributed by atoms with Crippen LogP contribution in [0.1, 0.15) is 47.1 Å². The predicted octanol–water partition coefficient (Wildman–Crippen LogP) is 6.73. The number of hydrogen-bond donors (Lipinski definition) is 0. The summed E-state index contributed by atoms with van der Waals surface area (Å²) in [6, 6.07) is 10.0. The molecular weight excluding hydrogens is 278 g/mol. The summed E-state index contributed by atoms with van der Waals surface area (Å²) in [5, 5.41) is 0. The first-order valence-electron chi connectivity index (χ1n) is 8.27. The van der Waals surface area contributed by atoms with Gasteiger partial charge in [0.25, 0.3) is 0 Å². The van der Waals surface area contributed by atoms with Gasteiger partial charge >= 0.3 is 0 Å². The SMILES string of the molecule is C=C/C=C(\C=C)C(=NC)c1ccccc1.CC(C)C.CC(C)C. The van der Waals surface area contributed by atoms with E-state index in [1.807, 2.05) is 36.4 Å². The maximum atomic E-state index is 4.28. The normalized spacial score (nSPS) is 11.2. The molecule has 23 heavy (non-hydrogen) atoms. The third kappa shape index (κ3) is 14.8. The van der Waals surface area contributed by atoms with Crippen molar-refractivity contribution in [2.24, 2.45) is 16.8 Å². The Hall–Kier alpha value is -1.89. The number of aliphatic imine (C=N–C) groups is 1. The quantitative estimate of drug-likeness (QED) is 0.431. The van der Waals surface area contributed by atoms with E-state index in [1.165, 1.54) is 0 Å². The van der Waals surface area contributed by atoms with Gasteiger partial charge in [-0.05, 0) is 17.4 Å². The number of nitrogens with zero attached hydrogens (tertiary/aromatic N) is 1. The topological polar surface area (TPSA) is 12.4 Å². The van der Waals surface area contributed by atoms with Crippen molar-refractivity contribution in [3.8, 4) is 0 Å². The zero-order valence-corrected chi connectivity index (χ0v) is 16.1. The van der Waals surface area contributed by atoms with Gasteiger partial charge in [-0.25, -0.2) is 0 Å². The summed E-state index contributed by atoms with van der Waals surface area (Å²) in [4.78, 5) is 4.28. The molecule has 0 aliphatic rings. The fourth-order valence-electron chi connectivity index (χ4n) is 1.39. The molecule has 0 aliphatic carbocycles. The standard InChI is InChI=1S/C14H15N.2C4H10/c1-4-9-12(5-2)14(15-3)13-10-7-6-8-11-13;2*1-4(2)3/h4-11H,1-2H2,3H3;2*4H,1-3H3/b12-9+,15-14?;;. The minimum Gasteiger partial charge on any atom is -0.287 e. The van der Waals surface area contributed by atoms with Crippen LogP contribution in [-0.4, -0.2) is 12.8 Å². The summed E-state index contributed by atoms with van der Waals surface area (Å²) in [6.07, 6.45) is 5.44.